The maximum atomic E-state index is 12.4. The number of anilines is 2. The van der Waals surface area contributed by atoms with Gasteiger partial charge in [-0.1, -0.05) is 24.3 Å². The lowest BCUT2D eigenvalue weighted by Gasteiger charge is -2.11. The summed E-state index contributed by atoms with van der Waals surface area (Å²) in [7, 11) is 0. The number of carbonyl (C=O) groups excluding carboxylic acids is 2. The molecule has 0 bridgehead atoms. The van der Waals surface area contributed by atoms with Crippen LogP contribution < -0.4 is 21.3 Å². The number of rotatable bonds is 7. The van der Waals surface area contributed by atoms with Crippen LogP contribution in [0.25, 0.3) is 11.4 Å². The minimum absolute atomic E-state index is 0.206. The molecule has 2 aliphatic carbocycles. The monoisotopic (exact) mass is 432 g/mol. The van der Waals surface area contributed by atoms with Crippen molar-refractivity contribution < 1.29 is 9.59 Å². The van der Waals surface area contributed by atoms with E-state index >= 15 is 0 Å². The van der Waals surface area contributed by atoms with Crippen molar-refractivity contribution in [2.45, 2.75) is 44.3 Å². The van der Waals surface area contributed by atoms with E-state index in [1.807, 2.05) is 53.2 Å². The first kappa shape index (κ1) is 20.0. The summed E-state index contributed by atoms with van der Waals surface area (Å²) in [6, 6.07) is 15.0. The molecule has 1 heterocycles. The van der Waals surface area contributed by atoms with Crippen molar-refractivity contribution in [3.8, 4) is 11.4 Å². The first-order valence-electron chi connectivity index (χ1n) is 10.7. The van der Waals surface area contributed by atoms with Gasteiger partial charge in [0, 0.05) is 29.5 Å². The van der Waals surface area contributed by atoms with Gasteiger partial charge in [0.25, 0.3) is 0 Å². The van der Waals surface area contributed by atoms with E-state index in [4.69, 9.17) is 0 Å². The van der Waals surface area contributed by atoms with Crippen molar-refractivity contribution in [1.29, 1.82) is 0 Å². The molecule has 0 aliphatic heterocycles. The number of hydrogen-bond donors (Lipinski definition) is 4. The Hall–Kier alpha value is -3.95. The lowest BCUT2D eigenvalue weighted by Crippen LogP contribution is -2.30. The third-order valence-electron chi connectivity index (χ3n) is 5.31. The van der Waals surface area contributed by atoms with E-state index in [1.165, 1.54) is 0 Å². The van der Waals surface area contributed by atoms with E-state index in [9.17, 15) is 9.59 Å². The summed E-state index contributed by atoms with van der Waals surface area (Å²) in [6.45, 7) is 0.325. The van der Waals surface area contributed by atoms with Gasteiger partial charge in [-0.3, -0.25) is 0 Å². The van der Waals surface area contributed by atoms with Crippen molar-refractivity contribution >= 4 is 23.4 Å². The van der Waals surface area contributed by atoms with Gasteiger partial charge in [-0.05, 0) is 65.9 Å². The molecule has 0 unspecified atom stereocenters. The van der Waals surface area contributed by atoms with Gasteiger partial charge in [0.15, 0.2) is 5.82 Å². The van der Waals surface area contributed by atoms with Crippen molar-refractivity contribution in [2.75, 3.05) is 10.6 Å². The molecule has 2 fully saturated rings. The molecule has 0 saturated heterocycles. The zero-order valence-corrected chi connectivity index (χ0v) is 17.4. The molecule has 0 spiro atoms. The summed E-state index contributed by atoms with van der Waals surface area (Å²) in [5.41, 5.74) is 3.06. The molecule has 2 aliphatic rings. The molecule has 2 saturated carbocycles. The van der Waals surface area contributed by atoms with E-state index in [0.717, 1.165) is 36.8 Å². The molecule has 10 nitrogen and oxygen atoms in total. The van der Waals surface area contributed by atoms with Gasteiger partial charge in [-0.15, -0.1) is 5.10 Å². The van der Waals surface area contributed by atoms with Crippen LogP contribution in [0.1, 0.15) is 37.3 Å². The van der Waals surface area contributed by atoms with Crippen LogP contribution in [-0.2, 0) is 6.54 Å². The molecule has 3 aromatic rings. The number of nitrogens with zero attached hydrogens (tertiary/aromatic N) is 4. The van der Waals surface area contributed by atoms with Crippen LogP contribution in [0.2, 0.25) is 0 Å². The average Bonchev–Trinajstić information content (AvgIpc) is 3.73. The van der Waals surface area contributed by atoms with Crippen LogP contribution in [0.15, 0.2) is 48.5 Å². The Kier molecular flexibility index (Phi) is 5.40. The first-order valence-corrected chi connectivity index (χ1v) is 10.7. The quantitative estimate of drug-likeness (QED) is 0.456. The van der Waals surface area contributed by atoms with Crippen LogP contribution in [0.5, 0.6) is 0 Å². The van der Waals surface area contributed by atoms with Crippen molar-refractivity contribution in [1.82, 2.24) is 30.8 Å². The largest absolute Gasteiger partial charge is 0.335 e. The second-order valence-electron chi connectivity index (χ2n) is 8.14. The van der Waals surface area contributed by atoms with Gasteiger partial charge < -0.3 is 21.3 Å². The zero-order chi connectivity index (χ0) is 21.9. The Morgan fingerprint density at radius 3 is 2.47 bits per heavy atom. The average molecular weight is 432 g/mol. The summed E-state index contributed by atoms with van der Waals surface area (Å²) in [5, 5.41) is 23.4. The molecule has 2 aromatic carbocycles. The van der Waals surface area contributed by atoms with Crippen molar-refractivity contribution in [2.24, 2.45) is 0 Å². The third kappa shape index (κ3) is 5.02. The number of aromatic nitrogens is 4. The highest BCUT2D eigenvalue weighted by molar-refractivity contribution is 5.90. The standard InChI is InChI=1S/C22H24N8O2/c31-21(23-13-14-3-1-5-17(11-14)26-22(32)24-16-7-8-16)25-18-6-2-4-15(12-18)20-27-28-29-30(20)19-9-10-19/h1-6,11-12,16,19H,7-10,13H2,(H2,23,25,31)(H2,24,26,32). The maximum absolute atomic E-state index is 12.4. The van der Waals surface area contributed by atoms with Crippen molar-refractivity contribution in [3.05, 3.63) is 54.1 Å². The van der Waals surface area contributed by atoms with E-state index in [2.05, 4.69) is 36.8 Å². The Labute approximate surface area is 184 Å². The smallest absolute Gasteiger partial charge is 0.319 e. The second kappa shape index (κ2) is 8.66. The molecule has 0 radical (unpaired) electrons. The maximum Gasteiger partial charge on any atom is 0.319 e. The minimum atomic E-state index is -0.325. The molecule has 0 atom stereocenters. The van der Waals surface area contributed by atoms with E-state index < -0.39 is 0 Å². The second-order valence-corrected chi connectivity index (χ2v) is 8.14. The Balaban J connectivity index is 1.16. The number of amides is 4. The summed E-state index contributed by atoms with van der Waals surface area (Å²) >= 11 is 0. The summed E-state index contributed by atoms with van der Waals surface area (Å²) in [5.74, 6) is 0.701. The minimum Gasteiger partial charge on any atom is -0.335 e. The highest BCUT2D eigenvalue weighted by atomic mass is 16.2. The Morgan fingerprint density at radius 1 is 0.938 bits per heavy atom. The van der Waals surface area contributed by atoms with Gasteiger partial charge >= 0.3 is 12.1 Å². The summed E-state index contributed by atoms with van der Waals surface area (Å²) in [4.78, 5) is 24.3. The van der Waals surface area contributed by atoms with Gasteiger partial charge in [0.1, 0.15) is 0 Å². The number of urea groups is 2. The molecule has 4 amide bonds. The van der Waals surface area contributed by atoms with E-state index in [0.29, 0.717) is 35.8 Å². The number of hydrogen-bond acceptors (Lipinski definition) is 5. The lowest BCUT2D eigenvalue weighted by atomic mass is 10.2. The predicted molar refractivity (Wildman–Crippen MR) is 119 cm³/mol. The fourth-order valence-electron chi connectivity index (χ4n) is 3.38. The van der Waals surface area contributed by atoms with Crippen molar-refractivity contribution in [3.63, 3.8) is 0 Å². The number of carbonyl (C=O) groups is 2. The Morgan fingerprint density at radius 2 is 1.69 bits per heavy atom. The van der Waals surface area contributed by atoms with Crippen LogP contribution in [0.3, 0.4) is 0 Å². The number of nitrogens with one attached hydrogen (secondary N) is 4. The third-order valence-corrected chi connectivity index (χ3v) is 5.31. The molecular formula is C22H24N8O2. The van der Waals surface area contributed by atoms with Gasteiger partial charge in [0.2, 0.25) is 0 Å². The highest BCUT2D eigenvalue weighted by Gasteiger charge is 2.28. The normalized spacial score (nSPS) is 15.1. The molecule has 1 aromatic heterocycles. The van der Waals surface area contributed by atoms with Crippen LogP contribution in [0.4, 0.5) is 21.0 Å². The molecule has 5 rings (SSSR count). The fraction of sp³-hybridized carbons (Fsp3) is 0.318. The SMILES string of the molecule is O=C(NCc1cccc(NC(=O)NC2CC2)c1)Nc1cccc(-c2nnnn2C2CC2)c1. The Bertz CT molecular complexity index is 1140. The summed E-state index contributed by atoms with van der Waals surface area (Å²) in [6.07, 6.45) is 4.24. The predicted octanol–water partition coefficient (Wildman–Crippen LogP) is 3.28. The summed E-state index contributed by atoms with van der Waals surface area (Å²) < 4.78 is 1.84. The molecular weight excluding hydrogens is 408 g/mol. The topological polar surface area (TPSA) is 126 Å². The van der Waals surface area contributed by atoms with Crippen LogP contribution >= 0.6 is 0 Å². The van der Waals surface area contributed by atoms with E-state index in [-0.39, 0.29) is 12.1 Å². The first-order chi connectivity index (χ1) is 15.6. The number of tetrazole rings is 1. The molecule has 4 N–H and O–H groups in total. The zero-order valence-electron chi connectivity index (χ0n) is 17.4. The van der Waals surface area contributed by atoms with E-state index in [1.54, 1.807) is 0 Å². The number of benzene rings is 2. The van der Waals surface area contributed by atoms with Crippen LogP contribution in [0, 0.1) is 0 Å². The highest BCUT2D eigenvalue weighted by Crippen LogP contribution is 2.36. The molecule has 164 valence electrons. The van der Waals surface area contributed by atoms with Gasteiger partial charge in [-0.25, -0.2) is 14.3 Å². The fourth-order valence-corrected chi connectivity index (χ4v) is 3.38. The molecule has 10 heteroatoms. The lowest BCUT2D eigenvalue weighted by molar-refractivity contribution is 0.250. The van der Waals surface area contributed by atoms with Crippen LogP contribution in [-0.4, -0.2) is 38.3 Å². The van der Waals surface area contributed by atoms with Gasteiger partial charge in [0.05, 0.1) is 6.04 Å². The molecule has 32 heavy (non-hydrogen) atoms. The van der Waals surface area contributed by atoms with Gasteiger partial charge in [-0.2, -0.15) is 0 Å².